The van der Waals surface area contributed by atoms with Crippen LogP contribution in [0.4, 0.5) is 5.69 Å². The molecule has 156 valence electrons. The second-order valence-electron chi connectivity index (χ2n) is 9.08. The first-order chi connectivity index (χ1) is 14.9. The number of aryl methyl sites for hydroxylation is 1. The molecule has 6 rings (SSSR count). The number of hydrogen-bond donors (Lipinski definition) is 0. The van der Waals surface area contributed by atoms with Crippen molar-refractivity contribution in [3.8, 4) is 0 Å². The molecule has 0 saturated heterocycles. The molecule has 0 radical (unpaired) electrons. The summed E-state index contributed by atoms with van der Waals surface area (Å²) in [7, 11) is 0.0994. The normalized spacial score (nSPS) is 21.1. The van der Waals surface area contributed by atoms with Crippen LogP contribution in [0.5, 0.6) is 0 Å². The molecule has 0 aliphatic carbocycles. The average Bonchev–Trinajstić information content (AvgIpc) is 3.30. The van der Waals surface area contributed by atoms with E-state index in [9.17, 15) is 9.46 Å². The van der Waals surface area contributed by atoms with Gasteiger partial charge in [0.05, 0.1) is 7.37 Å². The summed E-state index contributed by atoms with van der Waals surface area (Å²) < 4.78 is 16.1. The van der Waals surface area contributed by atoms with E-state index in [-0.39, 0.29) is 0 Å². The molecule has 3 aliphatic rings. The fraction of sp³-hybridized carbons (Fsp3) is 0.269. The Balaban J connectivity index is 1.82. The Morgan fingerprint density at radius 1 is 1.00 bits per heavy atom. The maximum atomic E-state index is 13.9. The number of nitrogens with zero attached hydrogens (tertiary/aromatic N) is 2. The van der Waals surface area contributed by atoms with E-state index in [2.05, 4.69) is 40.7 Å². The standard InChI is InChI=1S/C26H25N2O2P/c1-16-6-4-5-7-19(16)26-20-12-17-8-10-27(2)22(17)14-24(20)31(29,30)25-15-23-18(13-21(25)26)9-11-28(23)3/h4-7,12-15H,8-11H2,1-3H3. The molecular weight excluding hydrogens is 403 g/mol. The van der Waals surface area contributed by atoms with Gasteiger partial charge in [-0.1, -0.05) is 24.3 Å². The smallest absolute Gasteiger partial charge is 0.203 e. The lowest BCUT2D eigenvalue weighted by Crippen LogP contribution is -2.45. The third-order valence-electron chi connectivity index (χ3n) is 7.24. The number of benzene rings is 3. The SMILES string of the molecule is Cc1ccccc1C1=c2cc3c(cc2P(=O)([O-])c2cc4c(cc21)CCN4C)=[N+](C)CC3. The summed E-state index contributed by atoms with van der Waals surface area (Å²) in [4.78, 5) is 16.1. The van der Waals surface area contributed by atoms with Crippen LogP contribution in [0.25, 0.3) is 5.57 Å². The van der Waals surface area contributed by atoms with Crippen LogP contribution in [0.2, 0.25) is 0 Å². The molecule has 0 spiro atoms. The van der Waals surface area contributed by atoms with E-state index >= 15 is 0 Å². The highest BCUT2D eigenvalue weighted by Crippen LogP contribution is 2.43. The lowest BCUT2D eigenvalue weighted by molar-refractivity contribution is -0.167. The molecule has 0 bridgehead atoms. The topological polar surface area (TPSA) is 46.4 Å². The van der Waals surface area contributed by atoms with Crippen LogP contribution in [-0.4, -0.2) is 27.2 Å². The van der Waals surface area contributed by atoms with Gasteiger partial charge in [0.25, 0.3) is 0 Å². The summed E-state index contributed by atoms with van der Waals surface area (Å²) in [6, 6.07) is 16.4. The van der Waals surface area contributed by atoms with Crippen LogP contribution in [0.3, 0.4) is 0 Å². The molecule has 4 nitrogen and oxygen atoms in total. The Morgan fingerprint density at radius 3 is 2.61 bits per heavy atom. The Bertz CT molecular complexity index is 1470. The lowest BCUT2D eigenvalue weighted by Gasteiger charge is -2.34. The van der Waals surface area contributed by atoms with Crippen LogP contribution in [0.15, 0.2) is 48.5 Å². The molecular formula is C26H25N2O2P. The molecule has 31 heavy (non-hydrogen) atoms. The van der Waals surface area contributed by atoms with Gasteiger partial charge >= 0.3 is 0 Å². The minimum atomic E-state index is -3.98. The molecule has 0 amide bonds. The zero-order valence-electron chi connectivity index (χ0n) is 18.1. The van der Waals surface area contributed by atoms with Crippen molar-refractivity contribution < 1.29 is 9.46 Å². The lowest BCUT2D eigenvalue weighted by atomic mass is 9.90. The number of likely N-dealkylation sites (N-methyl/N-ethyl adjacent to an activating group) is 2. The highest BCUT2D eigenvalue weighted by atomic mass is 31.2. The fourth-order valence-corrected chi connectivity index (χ4v) is 7.31. The Kier molecular flexibility index (Phi) is 3.94. The maximum Gasteiger partial charge on any atom is 0.203 e. The van der Waals surface area contributed by atoms with Crippen molar-refractivity contribution in [2.24, 2.45) is 0 Å². The van der Waals surface area contributed by atoms with Crippen molar-refractivity contribution in [2.75, 3.05) is 32.1 Å². The Morgan fingerprint density at radius 2 is 1.81 bits per heavy atom. The summed E-state index contributed by atoms with van der Waals surface area (Å²) in [6.07, 6.45) is 1.90. The molecule has 0 aromatic heterocycles. The van der Waals surface area contributed by atoms with Gasteiger partial charge in [-0.2, -0.15) is 0 Å². The molecule has 0 N–H and O–H groups in total. The van der Waals surface area contributed by atoms with Crippen molar-refractivity contribution >= 4 is 29.2 Å². The third-order valence-corrected chi connectivity index (χ3v) is 9.25. The van der Waals surface area contributed by atoms with Crippen LogP contribution in [-0.2, 0) is 17.4 Å². The van der Waals surface area contributed by atoms with Crippen LogP contribution < -0.4 is 35.6 Å². The molecule has 5 heteroatoms. The van der Waals surface area contributed by atoms with E-state index in [4.69, 9.17) is 0 Å². The van der Waals surface area contributed by atoms with Crippen LogP contribution in [0, 0.1) is 6.92 Å². The molecule has 3 aliphatic heterocycles. The highest BCUT2D eigenvalue weighted by Gasteiger charge is 2.33. The van der Waals surface area contributed by atoms with Gasteiger partial charge in [-0.3, -0.25) is 0 Å². The monoisotopic (exact) mass is 428 g/mol. The quantitative estimate of drug-likeness (QED) is 0.426. The van der Waals surface area contributed by atoms with Crippen molar-refractivity contribution in [3.05, 3.63) is 86.9 Å². The van der Waals surface area contributed by atoms with E-state index in [1.54, 1.807) is 0 Å². The van der Waals surface area contributed by atoms with Gasteiger partial charge in [0.1, 0.15) is 13.6 Å². The molecule has 1 unspecified atom stereocenters. The van der Waals surface area contributed by atoms with Crippen molar-refractivity contribution in [3.63, 3.8) is 0 Å². The summed E-state index contributed by atoms with van der Waals surface area (Å²) in [5.74, 6) is 0. The number of fused-ring (bicyclic) bond motifs is 4. The predicted molar refractivity (Wildman–Crippen MR) is 125 cm³/mol. The summed E-state index contributed by atoms with van der Waals surface area (Å²) in [6.45, 7) is 3.95. The third kappa shape index (κ3) is 2.58. The average molecular weight is 428 g/mol. The maximum absolute atomic E-state index is 13.9. The summed E-state index contributed by atoms with van der Waals surface area (Å²) in [5.41, 5.74) is 7.70. The second kappa shape index (κ2) is 6.41. The van der Waals surface area contributed by atoms with Crippen molar-refractivity contribution in [1.82, 2.24) is 4.58 Å². The largest absolute Gasteiger partial charge is 0.793 e. The minimum Gasteiger partial charge on any atom is -0.793 e. The van der Waals surface area contributed by atoms with E-state index in [1.807, 2.05) is 38.4 Å². The molecule has 1 atom stereocenters. The van der Waals surface area contributed by atoms with Gasteiger partial charge < -0.3 is 14.4 Å². The number of hydrogen-bond acceptors (Lipinski definition) is 3. The van der Waals surface area contributed by atoms with E-state index in [1.165, 1.54) is 11.1 Å². The molecule has 3 aromatic carbocycles. The van der Waals surface area contributed by atoms with E-state index in [0.29, 0.717) is 10.6 Å². The minimum absolute atomic E-state index is 0.464. The fourth-order valence-electron chi connectivity index (χ4n) is 5.48. The van der Waals surface area contributed by atoms with E-state index < -0.39 is 7.37 Å². The van der Waals surface area contributed by atoms with Crippen molar-refractivity contribution in [2.45, 2.75) is 19.8 Å². The van der Waals surface area contributed by atoms with Gasteiger partial charge in [0.15, 0.2) is 0 Å². The second-order valence-corrected chi connectivity index (χ2v) is 11.1. The Labute approximate surface area is 182 Å². The summed E-state index contributed by atoms with van der Waals surface area (Å²) >= 11 is 0. The van der Waals surface area contributed by atoms with Crippen LogP contribution >= 0.6 is 7.37 Å². The Hall–Kier alpha value is -2.68. The number of rotatable bonds is 1. The first-order valence-electron chi connectivity index (χ1n) is 10.9. The first kappa shape index (κ1) is 19.0. The van der Waals surface area contributed by atoms with Gasteiger partial charge in [0.2, 0.25) is 5.36 Å². The van der Waals surface area contributed by atoms with E-state index in [0.717, 1.165) is 64.5 Å². The van der Waals surface area contributed by atoms with Gasteiger partial charge in [-0.15, -0.1) is 0 Å². The number of anilines is 1. The first-order valence-corrected chi connectivity index (χ1v) is 12.5. The zero-order chi connectivity index (χ0) is 21.5. The van der Waals surface area contributed by atoms with Crippen LogP contribution in [0.1, 0.15) is 27.8 Å². The summed E-state index contributed by atoms with van der Waals surface area (Å²) in [5, 5.41) is 2.83. The molecule has 0 saturated carbocycles. The zero-order valence-corrected chi connectivity index (χ0v) is 19.0. The predicted octanol–water partition coefficient (Wildman–Crippen LogP) is 0.814. The van der Waals surface area contributed by atoms with Crippen molar-refractivity contribution in [1.29, 1.82) is 0 Å². The molecule has 3 aromatic rings. The highest BCUT2D eigenvalue weighted by molar-refractivity contribution is 7.72. The molecule has 3 heterocycles. The van der Waals surface area contributed by atoms with Gasteiger partial charge in [-0.05, 0) is 64.6 Å². The van der Waals surface area contributed by atoms with Gasteiger partial charge in [-0.25, -0.2) is 4.58 Å². The molecule has 0 fully saturated rings. The van der Waals surface area contributed by atoms with Gasteiger partial charge in [0, 0.05) is 47.9 Å².